The minimum Gasteiger partial charge on any atom is -0.381 e. The first-order valence-corrected chi connectivity index (χ1v) is 8.47. The van der Waals surface area contributed by atoms with E-state index in [4.69, 9.17) is 0 Å². The van der Waals surface area contributed by atoms with Gasteiger partial charge >= 0.3 is 0 Å². The molecule has 1 unspecified atom stereocenters. The van der Waals surface area contributed by atoms with Crippen molar-refractivity contribution in [1.82, 2.24) is 10.2 Å². The van der Waals surface area contributed by atoms with Crippen LogP contribution in [0.3, 0.4) is 0 Å². The van der Waals surface area contributed by atoms with E-state index in [1.807, 2.05) is 57.1 Å². The highest BCUT2D eigenvalue weighted by Gasteiger charge is 2.26. The summed E-state index contributed by atoms with van der Waals surface area (Å²) in [6.07, 6.45) is 10.7. The molecule has 0 aromatic heterocycles. The third-order valence-electron chi connectivity index (χ3n) is 4.08. The molecular weight excluding hydrogens is 284 g/mol. The van der Waals surface area contributed by atoms with Crippen molar-refractivity contribution in [2.75, 3.05) is 20.6 Å². The van der Waals surface area contributed by atoms with E-state index in [1.165, 1.54) is 0 Å². The fourth-order valence-electron chi connectivity index (χ4n) is 2.30. The van der Waals surface area contributed by atoms with Crippen LogP contribution in [0.15, 0.2) is 48.7 Å². The summed E-state index contributed by atoms with van der Waals surface area (Å²) in [7, 11) is 3.96. The molecule has 0 aliphatic carbocycles. The number of carbonyl (C=O) groups is 1. The van der Waals surface area contributed by atoms with Crippen LogP contribution in [0.2, 0.25) is 0 Å². The Hall–Kier alpha value is -1.77. The zero-order valence-corrected chi connectivity index (χ0v) is 15.6. The topological polar surface area (TPSA) is 32.3 Å². The molecule has 1 N–H and O–H groups in total. The van der Waals surface area contributed by atoms with Gasteiger partial charge in [-0.15, -0.1) is 0 Å². The maximum absolute atomic E-state index is 12.5. The largest absolute Gasteiger partial charge is 0.381 e. The van der Waals surface area contributed by atoms with Crippen molar-refractivity contribution in [2.45, 2.75) is 40.0 Å². The first-order valence-electron chi connectivity index (χ1n) is 8.47. The van der Waals surface area contributed by atoms with Gasteiger partial charge in [-0.05, 0) is 25.3 Å². The van der Waals surface area contributed by atoms with E-state index in [0.717, 1.165) is 37.1 Å². The fourth-order valence-corrected chi connectivity index (χ4v) is 2.30. The molecule has 0 heterocycles. The van der Waals surface area contributed by atoms with E-state index < -0.39 is 0 Å². The molecule has 2 atom stereocenters. The molecule has 3 heteroatoms. The third-order valence-corrected chi connectivity index (χ3v) is 4.08. The molecule has 3 nitrogen and oxygen atoms in total. The van der Waals surface area contributed by atoms with Gasteiger partial charge in [-0.3, -0.25) is 4.79 Å². The first-order chi connectivity index (χ1) is 10.9. The lowest BCUT2D eigenvalue weighted by Crippen LogP contribution is -2.35. The second kappa shape index (κ2) is 11.8. The van der Waals surface area contributed by atoms with Crippen LogP contribution >= 0.6 is 0 Å². The Bertz CT molecular complexity index is 447. The standard InChI is InChI=1S/C20H34N2O/c1-8-11-13-18(10-3)19(15-16(4)22(6)7)17(5)20(23)21-14-12-9-2/h8,10-11,13,17,19H,3-4,9,12,14-15H2,1-2,5-7H3,(H,21,23)/b11-8+,18-13+/t17?,19-/m0/s1. The van der Waals surface area contributed by atoms with Crippen LogP contribution in [0.4, 0.5) is 0 Å². The summed E-state index contributed by atoms with van der Waals surface area (Å²) in [5.74, 6) is 0.0431. The minimum atomic E-state index is -0.127. The van der Waals surface area contributed by atoms with Crippen molar-refractivity contribution >= 4 is 5.91 Å². The maximum atomic E-state index is 12.5. The van der Waals surface area contributed by atoms with E-state index in [1.54, 1.807) is 0 Å². The van der Waals surface area contributed by atoms with Crippen LogP contribution in [-0.4, -0.2) is 31.4 Å². The number of allylic oxidation sites excluding steroid dienone is 6. The number of unbranched alkanes of at least 4 members (excludes halogenated alkanes) is 1. The maximum Gasteiger partial charge on any atom is 0.223 e. The van der Waals surface area contributed by atoms with Crippen molar-refractivity contribution in [2.24, 2.45) is 11.8 Å². The lowest BCUT2D eigenvalue weighted by atomic mass is 9.82. The van der Waals surface area contributed by atoms with Gasteiger partial charge < -0.3 is 10.2 Å². The molecule has 0 aliphatic rings. The van der Waals surface area contributed by atoms with Gasteiger partial charge in [0.2, 0.25) is 5.91 Å². The van der Waals surface area contributed by atoms with Gasteiger partial charge in [0.15, 0.2) is 0 Å². The Morgan fingerprint density at radius 3 is 2.48 bits per heavy atom. The highest BCUT2D eigenvalue weighted by Crippen LogP contribution is 2.29. The zero-order valence-electron chi connectivity index (χ0n) is 15.6. The quantitative estimate of drug-likeness (QED) is 0.455. The Morgan fingerprint density at radius 1 is 1.35 bits per heavy atom. The fraction of sp³-hybridized carbons (Fsp3) is 0.550. The third kappa shape index (κ3) is 7.87. The van der Waals surface area contributed by atoms with Crippen LogP contribution < -0.4 is 5.32 Å². The van der Waals surface area contributed by atoms with Crippen molar-refractivity contribution in [3.8, 4) is 0 Å². The summed E-state index contributed by atoms with van der Waals surface area (Å²) in [5.41, 5.74) is 2.08. The summed E-state index contributed by atoms with van der Waals surface area (Å²) in [5, 5.41) is 3.04. The average Bonchev–Trinajstić information content (AvgIpc) is 2.53. The number of rotatable bonds is 11. The van der Waals surface area contributed by atoms with E-state index in [0.29, 0.717) is 0 Å². The number of amides is 1. The zero-order chi connectivity index (χ0) is 17.8. The van der Waals surface area contributed by atoms with Crippen molar-refractivity contribution in [1.29, 1.82) is 0 Å². The van der Waals surface area contributed by atoms with Crippen LogP contribution in [0.5, 0.6) is 0 Å². The van der Waals surface area contributed by atoms with Gasteiger partial charge in [-0.1, -0.05) is 57.7 Å². The van der Waals surface area contributed by atoms with Crippen molar-refractivity contribution in [3.05, 3.63) is 48.7 Å². The number of nitrogens with zero attached hydrogens (tertiary/aromatic N) is 1. The van der Waals surface area contributed by atoms with Crippen LogP contribution in [0.1, 0.15) is 40.0 Å². The van der Waals surface area contributed by atoms with Crippen molar-refractivity contribution in [3.63, 3.8) is 0 Å². The lowest BCUT2D eigenvalue weighted by Gasteiger charge is -2.28. The summed E-state index contributed by atoms with van der Waals surface area (Å²) in [4.78, 5) is 14.5. The molecule has 0 rings (SSSR count). The van der Waals surface area contributed by atoms with Crippen LogP contribution in [0.25, 0.3) is 0 Å². The van der Waals surface area contributed by atoms with Gasteiger partial charge in [-0.25, -0.2) is 0 Å². The average molecular weight is 319 g/mol. The molecule has 0 saturated heterocycles. The Morgan fingerprint density at radius 2 is 2.00 bits per heavy atom. The minimum absolute atomic E-state index is 0.0697. The molecule has 130 valence electrons. The summed E-state index contributed by atoms with van der Waals surface area (Å²) >= 11 is 0. The molecular formula is C20H34N2O. The molecule has 23 heavy (non-hydrogen) atoms. The second-order valence-corrected chi connectivity index (χ2v) is 6.10. The first kappa shape index (κ1) is 21.2. The molecule has 0 aromatic rings. The predicted octanol–water partition coefficient (Wildman–Crippen LogP) is 4.31. The Kier molecular flexibility index (Phi) is 10.8. The SMILES string of the molecule is C=C/C(=C\C=C\C)[C@@H](CC(=C)N(C)C)C(C)C(=O)NCCCC. The van der Waals surface area contributed by atoms with Crippen molar-refractivity contribution < 1.29 is 4.79 Å². The number of carbonyl (C=O) groups excluding carboxylic acids is 1. The van der Waals surface area contributed by atoms with Crippen LogP contribution in [-0.2, 0) is 4.79 Å². The van der Waals surface area contributed by atoms with Gasteiger partial charge in [0, 0.05) is 38.2 Å². The van der Waals surface area contributed by atoms with Crippen LogP contribution in [0, 0.1) is 11.8 Å². The highest BCUT2D eigenvalue weighted by atomic mass is 16.1. The number of hydrogen-bond acceptors (Lipinski definition) is 2. The van der Waals surface area contributed by atoms with E-state index in [2.05, 4.69) is 25.4 Å². The van der Waals surface area contributed by atoms with Gasteiger partial charge in [-0.2, -0.15) is 0 Å². The summed E-state index contributed by atoms with van der Waals surface area (Å²) < 4.78 is 0. The summed E-state index contributed by atoms with van der Waals surface area (Å²) in [6, 6.07) is 0. The van der Waals surface area contributed by atoms with E-state index in [-0.39, 0.29) is 17.7 Å². The molecule has 0 saturated carbocycles. The molecule has 0 radical (unpaired) electrons. The predicted molar refractivity (Wildman–Crippen MR) is 101 cm³/mol. The molecule has 0 aliphatic heterocycles. The van der Waals surface area contributed by atoms with Gasteiger partial charge in [0.05, 0.1) is 0 Å². The highest BCUT2D eigenvalue weighted by molar-refractivity contribution is 5.79. The summed E-state index contributed by atoms with van der Waals surface area (Å²) in [6.45, 7) is 14.9. The normalized spacial score (nSPS) is 14.4. The lowest BCUT2D eigenvalue weighted by molar-refractivity contribution is -0.125. The molecule has 1 amide bonds. The number of nitrogens with one attached hydrogen (secondary N) is 1. The van der Waals surface area contributed by atoms with Gasteiger partial charge in [0.25, 0.3) is 0 Å². The molecule has 0 bridgehead atoms. The number of hydrogen-bond donors (Lipinski definition) is 1. The molecule has 0 aromatic carbocycles. The Labute approximate surface area is 142 Å². The smallest absolute Gasteiger partial charge is 0.223 e. The second-order valence-electron chi connectivity index (χ2n) is 6.10. The molecule has 0 fully saturated rings. The Balaban J connectivity index is 5.26. The molecule has 0 spiro atoms. The van der Waals surface area contributed by atoms with Gasteiger partial charge in [0.1, 0.15) is 0 Å². The van der Waals surface area contributed by atoms with E-state index >= 15 is 0 Å². The monoisotopic (exact) mass is 318 g/mol. The van der Waals surface area contributed by atoms with E-state index in [9.17, 15) is 4.79 Å².